The van der Waals surface area contributed by atoms with E-state index in [1.54, 1.807) is 6.92 Å². The van der Waals surface area contributed by atoms with Gasteiger partial charge in [-0.1, -0.05) is 0 Å². The van der Waals surface area contributed by atoms with Crippen LogP contribution < -0.4 is 0 Å². The molecule has 0 amide bonds. The molecule has 3 heteroatoms. The molecule has 3 nitrogen and oxygen atoms in total. The maximum absolute atomic E-state index is 11.7. The number of aldehydes is 1. The third-order valence-corrected chi connectivity index (χ3v) is 2.51. The first-order chi connectivity index (χ1) is 6.29. The molecule has 0 bridgehead atoms. The number of carbonyl (C=O) groups excluding carboxylic acids is 2. The minimum atomic E-state index is -0.923. The second-order valence-corrected chi connectivity index (χ2v) is 5.18. The summed E-state index contributed by atoms with van der Waals surface area (Å²) in [6.07, 6.45) is 2.64. The van der Waals surface area contributed by atoms with E-state index in [1.165, 1.54) is 0 Å². The SMILES string of the molecule is CC(C)(C)OC(=O)C(C)(C=O)C1CC1. The number of ether oxygens (including phenoxy) is 1. The maximum atomic E-state index is 11.7. The predicted molar refractivity (Wildman–Crippen MR) is 52.7 cm³/mol. The van der Waals surface area contributed by atoms with Crippen LogP contribution in [0.25, 0.3) is 0 Å². The molecule has 1 fully saturated rings. The summed E-state index contributed by atoms with van der Waals surface area (Å²) in [4.78, 5) is 22.7. The highest BCUT2D eigenvalue weighted by Gasteiger charge is 2.49. The van der Waals surface area contributed by atoms with Crippen molar-refractivity contribution < 1.29 is 14.3 Å². The summed E-state index contributed by atoms with van der Waals surface area (Å²) in [7, 11) is 0. The molecule has 0 spiro atoms. The average molecular weight is 198 g/mol. The van der Waals surface area contributed by atoms with Gasteiger partial charge in [0.05, 0.1) is 0 Å². The zero-order chi connectivity index (χ0) is 11.0. The van der Waals surface area contributed by atoms with Gasteiger partial charge in [-0.3, -0.25) is 4.79 Å². The molecule has 1 unspecified atom stereocenters. The first kappa shape index (κ1) is 11.2. The molecule has 0 saturated heterocycles. The fourth-order valence-electron chi connectivity index (χ4n) is 1.38. The fraction of sp³-hybridized carbons (Fsp3) is 0.818. The lowest BCUT2D eigenvalue weighted by Crippen LogP contribution is -2.38. The highest BCUT2D eigenvalue weighted by Crippen LogP contribution is 2.45. The van der Waals surface area contributed by atoms with Crippen molar-refractivity contribution in [2.45, 2.75) is 46.1 Å². The highest BCUT2D eigenvalue weighted by atomic mass is 16.6. The van der Waals surface area contributed by atoms with Crippen molar-refractivity contribution in [1.29, 1.82) is 0 Å². The van der Waals surface area contributed by atoms with Crippen molar-refractivity contribution in [3.63, 3.8) is 0 Å². The summed E-state index contributed by atoms with van der Waals surface area (Å²) in [5.74, 6) is -0.197. The number of hydrogen-bond donors (Lipinski definition) is 0. The molecule has 0 aromatic heterocycles. The summed E-state index contributed by atoms with van der Waals surface area (Å²) in [5, 5.41) is 0. The predicted octanol–water partition coefficient (Wildman–Crippen LogP) is 1.94. The monoisotopic (exact) mass is 198 g/mol. The van der Waals surface area contributed by atoms with Crippen LogP contribution >= 0.6 is 0 Å². The van der Waals surface area contributed by atoms with Crippen LogP contribution in [0, 0.1) is 11.3 Å². The minimum absolute atomic E-state index is 0.190. The Kier molecular flexibility index (Phi) is 2.70. The van der Waals surface area contributed by atoms with Gasteiger partial charge in [-0.2, -0.15) is 0 Å². The largest absolute Gasteiger partial charge is 0.459 e. The maximum Gasteiger partial charge on any atom is 0.319 e. The van der Waals surface area contributed by atoms with Crippen LogP contribution in [0.5, 0.6) is 0 Å². The number of hydrogen-bond acceptors (Lipinski definition) is 3. The van der Waals surface area contributed by atoms with Gasteiger partial charge >= 0.3 is 5.97 Å². The molecule has 0 N–H and O–H groups in total. The molecule has 1 aliphatic carbocycles. The Morgan fingerprint density at radius 2 is 1.79 bits per heavy atom. The topological polar surface area (TPSA) is 43.4 Å². The summed E-state index contributed by atoms with van der Waals surface area (Å²) in [5.41, 5.74) is -1.44. The quantitative estimate of drug-likeness (QED) is 0.395. The molecular formula is C11H18O3. The third-order valence-electron chi connectivity index (χ3n) is 2.51. The van der Waals surface area contributed by atoms with E-state index >= 15 is 0 Å². The third kappa shape index (κ3) is 2.34. The van der Waals surface area contributed by atoms with Crippen LogP contribution in [0.4, 0.5) is 0 Å². The molecule has 80 valence electrons. The normalized spacial score (nSPS) is 21.1. The van der Waals surface area contributed by atoms with Gasteiger partial charge in [0.15, 0.2) is 0 Å². The Balaban J connectivity index is 2.70. The van der Waals surface area contributed by atoms with E-state index in [2.05, 4.69) is 0 Å². The minimum Gasteiger partial charge on any atom is -0.459 e. The van der Waals surface area contributed by atoms with Crippen LogP contribution in [-0.4, -0.2) is 17.9 Å². The Bertz CT molecular complexity index is 248. The van der Waals surface area contributed by atoms with Gasteiger partial charge in [-0.15, -0.1) is 0 Å². The van der Waals surface area contributed by atoms with E-state index in [0.717, 1.165) is 19.1 Å². The lowest BCUT2D eigenvalue weighted by Gasteiger charge is -2.27. The van der Waals surface area contributed by atoms with Crippen LogP contribution in [0.2, 0.25) is 0 Å². The second-order valence-electron chi connectivity index (χ2n) is 5.18. The molecule has 1 saturated carbocycles. The van der Waals surface area contributed by atoms with E-state index in [0.29, 0.717) is 0 Å². The molecule has 0 aromatic rings. The van der Waals surface area contributed by atoms with E-state index in [9.17, 15) is 9.59 Å². The zero-order valence-electron chi connectivity index (χ0n) is 9.29. The van der Waals surface area contributed by atoms with Crippen molar-refractivity contribution in [1.82, 2.24) is 0 Å². The summed E-state index contributed by atoms with van der Waals surface area (Å²) >= 11 is 0. The lowest BCUT2D eigenvalue weighted by molar-refractivity contribution is -0.168. The summed E-state index contributed by atoms with van der Waals surface area (Å²) < 4.78 is 5.22. The Morgan fingerprint density at radius 3 is 2.07 bits per heavy atom. The second kappa shape index (κ2) is 3.37. The molecule has 1 atom stereocenters. The molecule has 14 heavy (non-hydrogen) atoms. The van der Waals surface area contributed by atoms with Gasteiger partial charge in [0.25, 0.3) is 0 Å². The summed E-state index contributed by atoms with van der Waals surface area (Å²) in [6, 6.07) is 0. The Labute approximate surface area is 84.8 Å². The van der Waals surface area contributed by atoms with Crippen LogP contribution in [-0.2, 0) is 14.3 Å². The summed E-state index contributed by atoms with van der Waals surface area (Å²) in [6.45, 7) is 7.10. The molecule has 0 aromatic carbocycles. The molecule has 0 heterocycles. The molecular weight excluding hydrogens is 180 g/mol. The molecule has 1 aliphatic rings. The molecule has 0 aliphatic heterocycles. The van der Waals surface area contributed by atoms with Gasteiger partial charge in [0, 0.05) is 0 Å². The number of esters is 1. The number of rotatable bonds is 3. The van der Waals surface area contributed by atoms with Crippen LogP contribution in [0.1, 0.15) is 40.5 Å². The van der Waals surface area contributed by atoms with E-state index in [-0.39, 0.29) is 11.9 Å². The van der Waals surface area contributed by atoms with E-state index in [4.69, 9.17) is 4.74 Å². The van der Waals surface area contributed by atoms with Crippen molar-refractivity contribution in [3.05, 3.63) is 0 Å². The smallest absolute Gasteiger partial charge is 0.319 e. The average Bonchev–Trinajstić information content (AvgIpc) is 2.81. The molecule has 0 radical (unpaired) electrons. The van der Waals surface area contributed by atoms with Gasteiger partial charge in [0.1, 0.15) is 17.3 Å². The standard InChI is InChI=1S/C11H18O3/c1-10(2,3)14-9(13)11(4,7-12)8-5-6-8/h7-8H,5-6H2,1-4H3. The van der Waals surface area contributed by atoms with Crippen molar-refractivity contribution in [2.24, 2.45) is 11.3 Å². The highest BCUT2D eigenvalue weighted by molar-refractivity contribution is 5.93. The van der Waals surface area contributed by atoms with Crippen molar-refractivity contribution in [3.8, 4) is 0 Å². The molecule has 1 rings (SSSR count). The first-order valence-electron chi connectivity index (χ1n) is 4.99. The van der Waals surface area contributed by atoms with E-state index < -0.39 is 11.0 Å². The van der Waals surface area contributed by atoms with Crippen molar-refractivity contribution in [2.75, 3.05) is 0 Å². The lowest BCUT2D eigenvalue weighted by atomic mass is 9.86. The van der Waals surface area contributed by atoms with Gasteiger partial charge in [-0.25, -0.2) is 0 Å². The fourth-order valence-corrected chi connectivity index (χ4v) is 1.38. The zero-order valence-corrected chi connectivity index (χ0v) is 9.29. The van der Waals surface area contributed by atoms with Crippen molar-refractivity contribution >= 4 is 12.3 Å². The van der Waals surface area contributed by atoms with E-state index in [1.807, 2.05) is 20.8 Å². The van der Waals surface area contributed by atoms with Crippen LogP contribution in [0.3, 0.4) is 0 Å². The first-order valence-corrected chi connectivity index (χ1v) is 4.99. The van der Waals surface area contributed by atoms with Gasteiger partial charge < -0.3 is 9.53 Å². The Hall–Kier alpha value is -0.860. The number of carbonyl (C=O) groups is 2. The van der Waals surface area contributed by atoms with Crippen LogP contribution in [0.15, 0.2) is 0 Å². The Morgan fingerprint density at radius 1 is 1.29 bits per heavy atom. The van der Waals surface area contributed by atoms with Gasteiger partial charge in [0.2, 0.25) is 0 Å². The van der Waals surface area contributed by atoms with Gasteiger partial charge in [-0.05, 0) is 46.5 Å².